The molecule has 3 aromatic rings. The fourth-order valence-electron chi connectivity index (χ4n) is 3.10. The molecule has 6 nitrogen and oxygen atoms in total. The normalized spacial score (nSPS) is 19.4. The summed E-state index contributed by atoms with van der Waals surface area (Å²) in [5.74, 6) is 0. The molecular weight excluding hydrogens is 252 g/mol. The Kier molecular flexibility index (Phi) is 2.63. The molecule has 0 amide bonds. The highest BCUT2D eigenvalue weighted by Gasteiger charge is 2.23. The van der Waals surface area contributed by atoms with Crippen molar-refractivity contribution in [2.24, 2.45) is 0 Å². The van der Waals surface area contributed by atoms with E-state index >= 15 is 0 Å². The van der Waals surface area contributed by atoms with Crippen LogP contribution in [0.25, 0.3) is 22.1 Å². The van der Waals surface area contributed by atoms with Crippen molar-refractivity contribution in [3.63, 3.8) is 0 Å². The first-order valence-corrected chi connectivity index (χ1v) is 7.14. The SMILES string of the molecule is CCNC1CCN(n2cnc3cnc4[nH]ccc4c32)C1. The largest absolute Gasteiger partial charge is 0.346 e. The van der Waals surface area contributed by atoms with Crippen LogP contribution in [-0.2, 0) is 0 Å². The van der Waals surface area contributed by atoms with Crippen LogP contribution < -0.4 is 10.3 Å². The molecule has 1 fully saturated rings. The third kappa shape index (κ3) is 1.68. The molecular formula is C14H18N6. The first-order valence-electron chi connectivity index (χ1n) is 7.14. The summed E-state index contributed by atoms with van der Waals surface area (Å²) in [6.07, 6.45) is 6.85. The van der Waals surface area contributed by atoms with Crippen LogP contribution in [0.2, 0.25) is 0 Å². The Hall–Kier alpha value is -2.08. The molecule has 1 aliphatic rings. The van der Waals surface area contributed by atoms with Crippen molar-refractivity contribution in [1.82, 2.24) is 24.9 Å². The Morgan fingerprint density at radius 3 is 3.30 bits per heavy atom. The van der Waals surface area contributed by atoms with Crippen LogP contribution in [-0.4, -0.2) is 45.3 Å². The molecule has 0 saturated carbocycles. The number of hydrogen-bond acceptors (Lipinski definition) is 4. The molecule has 0 aromatic carbocycles. The van der Waals surface area contributed by atoms with E-state index < -0.39 is 0 Å². The third-order valence-corrected chi connectivity index (χ3v) is 4.04. The van der Waals surface area contributed by atoms with Gasteiger partial charge in [0.15, 0.2) is 0 Å². The van der Waals surface area contributed by atoms with Crippen molar-refractivity contribution in [2.75, 3.05) is 24.6 Å². The van der Waals surface area contributed by atoms with E-state index in [-0.39, 0.29) is 0 Å². The second-order valence-electron chi connectivity index (χ2n) is 5.28. The number of likely N-dealkylation sites (N-methyl/N-ethyl adjacent to an activating group) is 1. The van der Waals surface area contributed by atoms with Crippen molar-refractivity contribution in [2.45, 2.75) is 19.4 Å². The number of nitrogens with zero attached hydrogens (tertiary/aromatic N) is 4. The zero-order valence-electron chi connectivity index (χ0n) is 11.5. The molecule has 6 heteroatoms. The van der Waals surface area contributed by atoms with E-state index in [9.17, 15) is 0 Å². The van der Waals surface area contributed by atoms with Crippen LogP contribution >= 0.6 is 0 Å². The van der Waals surface area contributed by atoms with Crippen LogP contribution in [0.4, 0.5) is 0 Å². The lowest BCUT2D eigenvalue weighted by molar-refractivity contribution is 0.560. The maximum Gasteiger partial charge on any atom is 0.139 e. The Morgan fingerprint density at radius 1 is 1.45 bits per heavy atom. The zero-order chi connectivity index (χ0) is 13.5. The number of fused-ring (bicyclic) bond motifs is 3. The summed E-state index contributed by atoms with van der Waals surface area (Å²) in [7, 11) is 0. The van der Waals surface area contributed by atoms with Gasteiger partial charge >= 0.3 is 0 Å². The molecule has 2 N–H and O–H groups in total. The summed E-state index contributed by atoms with van der Waals surface area (Å²) in [5, 5.41) is 7.01. The predicted octanol–water partition coefficient (Wildman–Crippen LogP) is 1.23. The highest BCUT2D eigenvalue weighted by Crippen LogP contribution is 2.23. The molecule has 0 aliphatic carbocycles. The minimum Gasteiger partial charge on any atom is -0.346 e. The fourth-order valence-corrected chi connectivity index (χ4v) is 3.10. The number of pyridine rings is 1. The number of H-pyrrole nitrogens is 1. The number of hydrogen-bond donors (Lipinski definition) is 2. The predicted molar refractivity (Wildman–Crippen MR) is 79.4 cm³/mol. The third-order valence-electron chi connectivity index (χ3n) is 4.04. The average Bonchev–Trinajstić information content (AvgIpc) is 3.16. The number of rotatable bonds is 3. The highest BCUT2D eigenvalue weighted by molar-refractivity contribution is 6.01. The van der Waals surface area contributed by atoms with Crippen molar-refractivity contribution < 1.29 is 0 Å². The van der Waals surface area contributed by atoms with Gasteiger partial charge in [0.2, 0.25) is 0 Å². The summed E-state index contributed by atoms with van der Waals surface area (Å²) in [4.78, 5) is 12.0. The molecule has 4 rings (SSSR count). The minimum absolute atomic E-state index is 0.570. The second-order valence-corrected chi connectivity index (χ2v) is 5.28. The fraction of sp³-hybridized carbons (Fsp3) is 0.429. The number of aromatic amines is 1. The van der Waals surface area contributed by atoms with Crippen molar-refractivity contribution in [1.29, 1.82) is 0 Å². The van der Waals surface area contributed by atoms with Gasteiger partial charge in [0.1, 0.15) is 23.0 Å². The maximum atomic E-state index is 4.49. The van der Waals surface area contributed by atoms with Crippen molar-refractivity contribution in [3.05, 3.63) is 24.8 Å². The molecule has 104 valence electrons. The molecule has 1 atom stereocenters. The summed E-state index contributed by atoms with van der Waals surface area (Å²) in [6, 6.07) is 2.64. The van der Waals surface area contributed by atoms with Crippen LogP contribution in [0, 0.1) is 0 Å². The zero-order valence-corrected chi connectivity index (χ0v) is 11.5. The summed E-state index contributed by atoms with van der Waals surface area (Å²) in [5.41, 5.74) is 3.01. The van der Waals surface area contributed by atoms with E-state index in [1.165, 1.54) is 6.42 Å². The van der Waals surface area contributed by atoms with Gasteiger partial charge in [0.25, 0.3) is 0 Å². The van der Waals surface area contributed by atoms with E-state index in [1.807, 2.05) is 18.7 Å². The van der Waals surface area contributed by atoms with Gasteiger partial charge in [-0.2, -0.15) is 0 Å². The highest BCUT2D eigenvalue weighted by atomic mass is 15.6. The summed E-state index contributed by atoms with van der Waals surface area (Å²) >= 11 is 0. The Labute approximate surface area is 116 Å². The van der Waals surface area contributed by atoms with E-state index in [0.717, 1.165) is 41.7 Å². The van der Waals surface area contributed by atoms with Crippen molar-refractivity contribution in [3.8, 4) is 0 Å². The Morgan fingerprint density at radius 2 is 2.40 bits per heavy atom. The van der Waals surface area contributed by atoms with Gasteiger partial charge in [-0.15, -0.1) is 0 Å². The lowest BCUT2D eigenvalue weighted by atomic mass is 10.3. The van der Waals surface area contributed by atoms with E-state index in [4.69, 9.17) is 0 Å². The number of imidazole rings is 1. The van der Waals surface area contributed by atoms with Crippen LogP contribution in [0.3, 0.4) is 0 Å². The van der Waals surface area contributed by atoms with Crippen LogP contribution in [0.5, 0.6) is 0 Å². The number of nitrogens with one attached hydrogen (secondary N) is 2. The maximum absolute atomic E-state index is 4.49. The number of aromatic nitrogens is 4. The van der Waals surface area contributed by atoms with Gasteiger partial charge in [-0.1, -0.05) is 6.92 Å². The van der Waals surface area contributed by atoms with E-state index in [1.54, 1.807) is 0 Å². The molecule has 1 aliphatic heterocycles. The van der Waals surface area contributed by atoms with Gasteiger partial charge in [-0.05, 0) is 19.0 Å². The first-order chi connectivity index (χ1) is 9.86. The average molecular weight is 270 g/mol. The standard InChI is InChI=1S/C14H18N6/c1-2-15-10-4-6-19(8-10)20-9-18-12-7-17-14-11(13(12)20)3-5-16-14/h3,5,7,9-10,15H,2,4,6,8H2,1H3,(H,16,17). The molecule has 1 saturated heterocycles. The molecule has 4 heterocycles. The molecule has 0 bridgehead atoms. The van der Waals surface area contributed by atoms with Gasteiger partial charge in [0, 0.05) is 30.7 Å². The molecule has 0 radical (unpaired) electrons. The molecule has 20 heavy (non-hydrogen) atoms. The Bertz CT molecular complexity index is 742. The summed E-state index contributed by atoms with van der Waals surface area (Å²) in [6.45, 7) is 5.25. The lowest BCUT2D eigenvalue weighted by Gasteiger charge is -2.21. The van der Waals surface area contributed by atoms with Gasteiger partial charge in [-0.3, -0.25) is 0 Å². The molecule has 0 spiro atoms. The first kappa shape index (κ1) is 11.7. The second kappa shape index (κ2) is 4.49. The summed E-state index contributed by atoms with van der Waals surface area (Å²) < 4.78 is 2.19. The topological polar surface area (TPSA) is 61.8 Å². The van der Waals surface area contributed by atoms with E-state index in [2.05, 4.69) is 42.9 Å². The molecule has 3 aromatic heterocycles. The quantitative estimate of drug-likeness (QED) is 0.751. The van der Waals surface area contributed by atoms with Crippen molar-refractivity contribution >= 4 is 22.1 Å². The molecule has 1 unspecified atom stereocenters. The monoisotopic (exact) mass is 270 g/mol. The Balaban J connectivity index is 1.78. The lowest BCUT2D eigenvalue weighted by Crippen LogP contribution is -2.36. The van der Waals surface area contributed by atoms with Crippen LogP contribution in [0.1, 0.15) is 13.3 Å². The minimum atomic E-state index is 0.570. The van der Waals surface area contributed by atoms with E-state index in [0.29, 0.717) is 6.04 Å². The van der Waals surface area contributed by atoms with Gasteiger partial charge in [-0.25, -0.2) is 14.6 Å². The van der Waals surface area contributed by atoms with Crippen LogP contribution in [0.15, 0.2) is 24.8 Å². The smallest absolute Gasteiger partial charge is 0.139 e. The van der Waals surface area contributed by atoms with Gasteiger partial charge < -0.3 is 15.3 Å². The van der Waals surface area contributed by atoms with Gasteiger partial charge in [0.05, 0.1) is 6.20 Å².